The molecule has 0 atom stereocenters. The number of sulfone groups is 1. The maximum Gasteiger partial charge on any atom is 0.321 e. The lowest BCUT2D eigenvalue weighted by atomic mass is 10.1. The number of rotatable bonds is 9. The van der Waals surface area contributed by atoms with Crippen molar-refractivity contribution in [3.63, 3.8) is 0 Å². The Morgan fingerprint density at radius 1 is 1.14 bits per heavy atom. The number of amides is 1. The van der Waals surface area contributed by atoms with Crippen LogP contribution in [-0.2, 0) is 25.8 Å². The molecule has 0 unspecified atom stereocenters. The van der Waals surface area contributed by atoms with E-state index in [1.54, 1.807) is 0 Å². The van der Waals surface area contributed by atoms with Crippen LogP contribution >= 0.6 is 0 Å². The third-order valence-corrected chi connectivity index (χ3v) is 5.54. The number of nitro groups is 1. The molecule has 0 saturated heterocycles. The molecule has 0 bridgehead atoms. The van der Waals surface area contributed by atoms with Crippen LogP contribution < -0.4 is 5.32 Å². The number of nitrogens with zero attached hydrogens (tertiary/aromatic N) is 1. The number of ether oxygens (including phenoxy) is 1. The summed E-state index contributed by atoms with van der Waals surface area (Å²) in [5.41, 5.74) is 0.184. The van der Waals surface area contributed by atoms with Gasteiger partial charge in [0.1, 0.15) is 4.90 Å². The van der Waals surface area contributed by atoms with Crippen LogP contribution in [0.2, 0.25) is 0 Å². The quantitative estimate of drug-likeness (QED) is 0.372. The van der Waals surface area contributed by atoms with Crippen molar-refractivity contribution in [2.24, 2.45) is 0 Å². The van der Waals surface area contributed by atoms with E-state index in [1.807, 2.05) is 30.3 Å². The molecule has 0 aliphatic rings. The zero-order valence-corrected chi connectivity index (χ0v) is 16.5. The molecule has 1 N–H and O–H groups in total. The lowest BCUT2D eigenvalue weighted by molar-refractivity contribution is -0.387. The van der Waals surface area contributed by atoms with E-state index in [1.165, 1.54) is 13.0 Å². The summed E-state index contributed by atoms with van der Waals surface area (Å²) in [4.78, 5) is 33.6. The summed E-state index contributed by atoms with van der Waals surface area (Å²) < 4.78 is 29.3. The van der Waals surface area contributed by atoms with E-state index in [9.17, 15) is 28.1 Å². The lowest BCUT2D eigenvalue weighted by Crippen LogP contribution is -2.26. The monoisotopic (exact) mass is 420 g/mol. The first-order valence-corrected chi connectivity index (χ1v) is 10.4. The summed E-state index contributed by atoms with van der Waals surface area (Å²) in [6.45, 7) is 1.80. The predicted octanol–water partition coefficient (Wildman–Crippen LogP) is 1.90. The summed E-state index contributed by atoms with van der Waals surface area (Å²) >= 11 is 0. The fraction of sp³-hybridized carbons (Fsp3) is 0.263. The molecule has 1 amide bonds. The van der Waals surface area contributed by atoms with Crippen LogP contribution in [0.4, 0.5) is 5.69 Å². The highest BCUT2D eigenvalue weighted by molar-refractivity contribution is 7.92. The number of benzene rings is 2. The van der Waals surface area contributed by atoms with E-state index < -0.39 is 43.0 Å². The normalized spacial score (nSPS) is 10.9. The van der Waals surface area contributed by atoms with E-state index in [2.05, 4.69) is 10.1 Å². The van der Waals surface area contributed by atoms with Crippen LogP contribution in [0.1, 0.15) is 22.8 Å². The Hall–Kier alpha value is -3.27. The molecule has 9 nitrogen and oxygen atoms in total. The van der Waals surface area contributed by atoms with Crippen LogP contribution in [0.15, 0.2) is 53.4 Å². The maximum atomic E-state index is 12.3. The van der Waals surface area contributed by atoms with Crippen LogP contribution in [-0.4, -0.2) is 44.1 Å². The first-order chi connectivity index (χ1) is 13.7. The van der Waals surface area contributed by atoms with Crippen molar-refractivity contribution in [2.45, 2.75) is 18.2 Å². The smallest absolute Gasteiger partial charge is 0.321 e. The zero-order valence-electron chi connectivity index (χ0n) is 15.7. The lowest BCUT2D eigenvalue weighted by Gasteiger charge is -2.08. The number of nitro benzene ring substituents is 1. The number of nitrogens with one attached hydrogen (secondary N) is 1. The second-order valence-corrected chi connectivity index (χ2v) is 7.95. The highest BCUT2D eigenvalue weighted by Gasteiger charge is 2.29. The molecule has 0 heterocycles. The second kappa shape index (κ2) is 9.78. The van der Waals surface area contributed by atoms with Gasteiger partial charge >= 0.3 is 5.97 Å². The molecule has 2 aromatic rings. The van der Waals surface area contributed by atoms with Gasteiger partial charge in [0.15, 0.2) is 15.6 Å². The number of carbonyl (C=O) groups is 2. The summed E-state index contributed by atoms with van der Waals surface area (Å²) in [6.07, 6.45) is 0.570. The Bertz CT molecular complexity index is 1000. The van der Waals surface area contributed by atoms with Gasteiger partial charge in [-0.2, -0.15) is 0 Å². The molecular weight excluding hydrogens is 400 g/mol. The first kappa shape index (κ1) is 22.0. The van der Waals surface area contributed by atoms with Crippen molar-refractivity contribution in [3.8, 4) is 0 Å². The van der Waals surface area contributed by atoms with Crippen molar-refractivity contribution in [3.05, 3.63) is 69.8 Å². The number of hydrogen-bond acceptors (Lipinski definition) is 7. The largest absolute Gasteiger partial charge is 0.465 e. The van der Waals surface area contributed by atoms with Crippen molar-refractivity contribution in [1.29, 1.82) is 0 Å². The molecule has 2 aromatic carbocycles. The molecule has 0 saturated carbocycles. The van der Waals surface area contributed by atoms with Crippen molar-refractivity contribution < 1.29 is 27.7 Å². The van der Waals surface area contributed by atoms with Gasteiger partial charge in [-0.3, -0.25) is 19.7 Å². The van der Waals surface area contributed by atoms with Crippen LogP contribution in [0.3, 0.4) is 0 Å². The van der Waals surface area contributed by atoms with E-state index in [0.29, 0.717) is 13.0 Å². The molecule has 0 fully saturated rings. The summed E-state index contributed by atoms with van der Waals surface area (Å²) in [5.74, 6) is -2.60. The first-order valence-electron chi connectivity index (χ1n) is 8.73. The fourth-order valence-electron chi connectivity index (χ4n) is 2.57. The predicted molar refractivity (Wildman–Crippen MR) is 104 cm³/mol. The van der Waals surface area contributed by atoms with Gasteiger partial charge in [-0.25, -0.2) is 8.42 Å². The minimum atomic E-state index is -4.30. The van der Waals surface area contributed by atoms with Gasteiger partial charge in [-0.1, -0.05) is 30.3 Å². The molecule has 0 radical (unpaired) electrons. The van der Waals surface area contributed by atoms with Gasteiger partial charge in [0.2, 0.25) is 0 Å². The Labute approximate surface area is 167 Å². The summed E-state index contributed by atoms with van der Waals surface area (Å²) in [6, 6.07) is 12.4. The molecule has 29 heavy (non-hydrogen) atoms. The molecular formula is C19H20N2O7S. The molecule has 2 rings (SSSR count). The molecule has 0 aromatic heterocycles. The summed E-state index contributed by atoms with van der Waals surface area (Å²) in [5, 5.41) is 14.0. The minimum absolute atomic E-state index is 0.0153. The molecule has 0 aliphatic carbocycles. The van der Waals surface area contributed by atoms with Gasteiger partial charge < -0.3 is 10.1 Å². The highest BCUT2D eigenvalue weighted by Crippen LogP contribution is 2.26. The SMILES string of the molecule is CCOC(=O)CS(=O)(=O)c1ccc(C(=O)NCCc2ccccc2)cc1[N+](=O)[O-]. The minimum Gasteiger partial charge on any atom is -0.465 e. The number of carbonyl (C=O) groups excluding carboxylic acids is 2. The average Bonchev–Trinajstić information content (AvgIpc) is 2.68. The third-order valence-electron chi connectivity index (χ3n) is 3.91. The second-order valence-electron chi connectivity index (χ2n) is 6.00. The Kier molecular flexibility index (Phi) is 7.43. The van der Waals surface area contributed by atoms with Crippen LogP contribution in [0, 0.1) is 10.1 Å². The van der Waals surface area contributed by atoms with Gasteiger partial charge in [-0.15, -0.1) is 0 Å². The maximum absolute atomic E-state index is 12.3. The molecule has 0 spiro atoms. The van der Waals surface area contributed by atoms with Gasteiger partial charge in [0, 0.05) is 18.2 Å². The highest BCUT2D eigenvalue weighted by atomic mass is 32.2. The molecule has 0 aliphatic heterocycles. The van der Waals surface area contributed by atoms with Crippen LogP contribution in [0.5, 0.6) is 0 Å². The van der Waals surface area contributed by atoms with Crippen molar-refractivity contribution >= 4 is 27.4 Å². The Morgan fingerprint density at radius 3 is 2.45 bits per heavy atom. The summed E-state index contributed by atoms with van der Waals surface area (Å²) in [7, 11) is -4.30. The van der Waals surface area contributed by atoms with E-state index >= 15 is 0 Å². The molecule has 10 heteroatoms. The average molecular weight is 420 g/mol. The standard InChI is InChI=1S/C19H20N2O7S/c1-2-28-18(22)13-29(26,27)17-9-8-15(12-16(17)21(24)25)19(23)20-11-10-14-6-4-3-5-7-14/h3-9,12H,2,10-11,13H2,1H3,(H,20,23). The van der Waals surface area contributed by atoms with Crippen molar-refractivity contribution in [1.82, 2.24) is 5.32 Å². The van der Waals surface area contributed by atoms with Gasteiger partial charge in [-0.05, 0) is 31.0 Å². The van der Waals surface area contributed by atoms with Gasteiger partial charge in [0.25, 0.3) is 11.6 Å². The van der Waals surface area contributed by atoms with Crippen molar-refractivity contribution in [2.75, 3.05) is 18.9 Å². The van der Waals surface area contributed by atoms with Gasteiger partial charge in [0.05, 0.1) is 11.5 Å². The van der Waals surface area contributed by atoms with E-state index in [-0.39, 0.29) is 12.2 Å². The number of hydrogen-bond donors (Lipinski definition) is 1. The number of esters is 1. The zero-order chi connectivity index (χ0) is 21.4. The van der Waals surface area contributed by atoms with Crippen LogP contribution in [0.25, 0.3) is 0 Å². The molecule has 154 valence electrons. The topological polar surface area (TPSA) is 133 Å². The Morgan fingerprint density at radius 2 is 1.83 bits per heavy atom. The van der Waals surface area contributed by atoms with E-state index in [0.717, 1.165) is 17.7 Å². The van der Waals surface area contributed by atoms with E-state index in [4.69, 9.17) is 0 Å². The Balaban J connectivity index is 2.17. The third kappa shape index (κ3) is 6.11. The fourth-order valence-corrected chi connectivity index (χ4v) is 3.84.